The number of rotatable bonds is 4. The molecule has 1 aliphatic heterocycles. The van der Waals surface area contributed by atoms with Gasteiger partial charge in [-0.2, -0.15) is 0 Å². The van der Waals surface area contributed by atoms with Gasteiger partial charge >= 0.3 is 0 Å². The summed E-state index contributed by atoms with van der Waals surface area (Å²) in [5, 5.41) is 4.12. The van der Waals surface area contributed by atoms with Crippen LogP contribution in [0.4, 0.5) is 5.69 Å². The van der Waals surface area contributed by atoms with Crippen LogP contribution >= 0.6 is 12.2 Å². The fourth-order valence-corrected chi connectivity index (χ4v) is 3.82. The molecule has 3 aromatic rings. The van der Waals surface area contributed by atoms with Gasteiger partial charge in [-0.1, -0.05) is 18.2 Å². The summed E-state index contributed by atoms with van der Waals surface area (Å²) in [7, 11) is 3.70. The molecule has 1 fully saturated rings. The lowest BCUT2D eigenvalue weighted by Crippen LogP contribution is -2.29. The molecule has 26 heavy (non-hydrogen) atoms. The van der Waals surface area contributed by atoms with E-state index in [1.54, 1.807) is 7.11 Å². The van der Waals surface area contributed by atoms with Crippen molar-refractivity contribution in [2.24, 2.45) is 7.05 Å². The molecule has 4 rings (SSSR count). The number of hydrogen-bond donors (Lipinski definition) is 1. The Morgan fingerprint density at radius 1 is 1.12 bits per heavy atom. The van der Waals surface area contributed by atoms with E-state index in [0.29, 0.717) is 5.11 Å². The van der Waals surface area contributed by atoms with Gasteiger partial charge in [0.1, 0.15) is 5.75 Å². The number of aromatic nitrogens is 2. The second-order valence-corrected chi connectivity index (χ2v) is 6.67. The third-order valence-electron chi connectivity index (χ3n) is 4.64. The van der Waals surface area contributed by atoms with E-state index >= 15 is 0 Å². The lowest BCUT2D eigenvalue weighted by atomic mass is 9.98. The van der Waals surface area contributed by atoms with Crippen LogP contribution in [0.3, 0.4) is 0 Å². The summed E-state index contributed by atoms with van der Waals surface area (Å²) >= 11 is 5.72. The third-order valence-corrected chi connectivity index (χ3v) is 4.95. The molecule has 0 bridgehead atoms. The molecule has 1 saturated heterocycles. The van der Waals surface area contributed by atoms with Gasteiger partial charge in [-0.15, -0.1) is 0 Å². The predicted molar refractivity (Wildman–Crippen MR) is 106 cm³/mol. The molecule has 1 N–H and O–H groups in total. The third kappa shape index (κ3) is 2.82. The first-order chi connectivity index (χ1) is 12.7. The summed E-state index contributed by atoms with van der Waals surface area (Å²) in [4.78, 5) is 6.69. The van der Waals surface area contributed by atoms with Crippen LogP contribution in [-0.2, 0) is 7.05 Å². The Morgan fingerprint density at radius 3 is 2.62 bits per heavy atom. The molecular weight excluding hydrogens is 344 g/mol. The molecule has 1 aromatic carbocycles. The molecule has 1 aliphatic rings. The highest BCUT2D eigenvalue weighted by atomic mass is 32.1. The van der Waals surface area contributed by atoms with Gasteiger partial charge in [-0.3, -0.25) is 4.98 Å². The Kier molecular flexibility index (Phi) is 4.34. The standard InChI is InChI=1S/C20H20N4OS/c1-23-12-10-14(13-23)19-18(15-7-5-6-11-21-15)22-20(26)24(19)16-8-3-4-9-17(16)25-2/h3-13,18-19H,1-2H3,(H,22,26)/t18-,19+/m1/s1. The van der Waals surface area contributed by atoms with Crippen LogP contribution in [0.25, 0.3) is 0 Å². The molecule has 0 saturated carbocycles. The van der Waals surface area contributed by atoms with E-state index < -0.39 is 0 Å². The number of thiocarbonyl (C=S) groups is 1. The van der Waals surface area contributed by atoms with Gasteiger partial charge in [0.25, 0.3) is 0 Å². The average molecular weight is 364 g/mol. The molecule has 0 aliphatic carbocycles. The quantitative estimate of drug-likeness (QED) is 0.717. The topological polar surface area (TPSA) is 42.3 Å². The normalized spacial score (nSPS) is 19.5. The van der Waals surface area contributed by atoms with Gasteiger partial charge < -0.3 is 19.5 Å². The molecule has 0 spiro atoms. The highest BCUT2D eigenvalue weighted by Gasteiger charge is 2.41. The first-order valence-corrected chi connectivity index (χ1v) is 8.85. The van der Waals surface area contributed by atoms with E-state index in [9.17, 15) is 0 Å². The minimum atomic E-state index is -0.0454. The number of anilines is 1. The van der Waals surface area contributed by atoms with Gasteiger partial charge in [0.15, 0.2) is 5.11 Å². The second kappa shape index (κ2) is 6.80. The van der Waals surface area contributed by atoms with E-state index in [2.05, 4.69) is 27.5 Å². The predicted octanol–water partition coefficient (Wildman–Crippen LogP) is 3.61. The fraction of sp³-hybridized carbons (Fsp3) is 0.200. The smallest absolute Gasteiger partial charge is 0.174 e. The van der Waals surface area contributed by atoms with E-state index in [4.69, 9.17) is 17.0 Å². The molecule has 5 nitrogen and oxygen atoms in total. The van der Waals surface area contributed by atoms with Crippen molar-refractivity contribution in [2.45, 2.75) is 12.1 Å². The van der Waals surface area contributed by atoms with Crippen LogP contribution in [0.1, 0.15) is 23.3 Å². The van der Waals surface area contributed by atoms with Crippen LogP contribution in [0.5, 0.6) is 5.75 Å². The zero-order chi connectivity index (χ0) is 18.1. The molecule has 0 unspecified atom stereocenters. The van der Waals surface area contributed by atoms with Gasteiger partial charge in [0, 0.05) is 25.6 Å². The number of benzene rings is 1. The highest BCUT2D eigenvalue weighted by Crippen LogP contribution is 2.44. The monoisotopic (exact) mass is 364 g/mol. The number of para-hydroxylation sites is 2. The van der Waals surface area contributed by atoms with E-state index in [1.165, 1.54) is 5.56 Å². The van der Waals surface area contributed by atoms with Crippen LogP contribution in [0.2, 0.25) is 0 Å². The Hall–Kier alpha value is -2.86. The van der Waals surface area contributed by atoms with Crippen LogP contribution < -0.4 is 15.0 Å². The van der Waals surface area contributed by atoms with Gasteiger partial charge in [0.2, 0.25) is 0 Å². The fourth-order valence-electron chi connectivity index (χ4n) is 3.48. The number of hydrogen-bond acceptors (Lipinski definition) is 3. The molecule has 0 amide bonds. The van der Waals surface area contributed by atoms with Gasteiger partial charge in [-0.05, 0) is 48.1 Å². The first kappa shape index (κ1) is 16.6. The summed E-state index contributed by atoms with van der Waals surface area (Å²) < 4.78 is 7.63. The zero-order valence-corrected chi connectivity index (χ0v) is 15.5. The molecular formula is C20H20N4OS. The second-order valence-electron chi connectivity index (χ2n) is 6.28. The summed E-state index contributed by atoms with van der Waals surface area (Å²) in [6.07, 6.45) is 5.99. The van der Waals surface area contributed by atoms with Crippen molar-refractivity contribution in [2.75, 3.05) is 12.0 Å². The number of nitrogens with zero attached hydrogens (tertiary/aromatic N) is 3. The number of methoxy groups -OCH3 is 1. The summed E-state index contributed by atoms with van der Waals surface area (Å²) in [6, 6.07) is 16.0. The van der Waals surface area contributed by atoms with Crippen LogP contribution in [0.15, 0.2) is 67.1 Å². The first-order valence-electron chi connectivity index (χ1n) is 8.44. The lowest BCUT2D eigenvalue weighted by molar-refractivity contribution is 0.414. The Balaban J connectivity index is 1.85. The number of ether oxygens (including phenoxy) is 1. The maximum atomic E-state index is 5.72. The highest BCUT2D eigenvalue weighted by molar-refractivity contribution is 7.80. The van der Waals surface area contributed by atoms with Crippen LogP contribution in [-0.4, -0.2) is 21.8 Å². The van der Waals surface area contributed by atoms with E-state index in [1.807, 2.05) is 66.5 Å². The molecule has 2 atom stereocenters. The molecule has 132 valence electrons. The average Bonchev–Trinajstić information content (AvgIpc) is 3.25. The van der Waals surface area contributed by atoms with Crippen LogP contribution in [0, 0.1) is 0 Å². The summed E-state index contributed by atoms with van der Waals surface area (Å²) in [5.41, 5.74) is 3.07. The minimum Gasteiger partial charge on any atom is -0.495 e. The van der Waals surface area contributed by atoms with Crippen molar-refractivity contribution in [3.63, 3.8) is 0 Å². The van der Waals surface area contributed by atoms with Crippen molar-refractivity contribution in [1.82, 2.24) is 14.9 Å². The van der Waals surface area contributed by atoms with Gasteiger partial charge in [-0.25, -0.2) is 0 Å². The van der Waals surface area contributed by atoms with Gasteiger partial charge in [0.05, 0.1) is 30.6 Å². The van der Waals surface area contributed by atoms with Crippen molar-refractivity contribution in [3.05, 3.63) is 78.4 Å². The van der Waals surface area contributed by atoms with Crippen molar-refractivity contribution in [3.8, 4) is 5.75 Å². The maximum absolute atomic E-state index is 5.72. The summed E-state index contributed by atoms with van der Waals surface area (Å²) in [5.74, 6) is 0.791. The number of pyridine rings is 1. The largest absolute Gasteiger partial charge is 0.495 e. The Labute approximate surface area is 158 Å². The number of nitrogens with one attached hydrogen (secondary N) is 1. The molecule has 3 heterocycles. The number of aryl methyl sites for hydroxylation is 1. The minimum absolute atomic E-state index is 0.0186. The lowest BCUT2D eigenvalue weighted by Gasteiger charge is -2.28. The Bertz CT molecular complexity index is 924. The molecule has 6 heteroatoms. The maximum Gasteiger partial charge on any atom is 0.174 e. The molecule has 0 radical (unpaired) electrons. The van der Waals surface area contributed by atoms with Crippen molar-refractivity contribution in [1.29, 1.82) is 0 Å². The van der Waals surface area contributed by atoms with Crippen molar-refractivity contribution < 1.29 is 4.74 Å². The SMILES string of the molecule is COc1ccccc1N1C(=S)N[C@H](c2ccccn2)[C@@H]1c1ccn(C)c1. The zero-order valence-electron chi connectivity index (χ0n) is 14.7. The Morgan fingerprint density at radius 2 is 1.92 bits per heavy atom. The van der Waals surface area contributed by atoms with Crippen molar-refractivity contribution >= 4 is 23.0 Å². The summed E-state index contributed by atoms with van der Waals surface area (Å²) in [6.45, 7) is 0. The van der Waals surface area contributed by atoms with E-state index in [-0.39, 0.29) is 12.1 Å². The van der Waals surface area contributed by atoms with E-state index in [0.717, 1.165) is 17.1 Å². The molecule has 2 aromatic heterocycles.